The molecule has 0 saturated carbocycles. The van der Waals surface area contributed by atoms with E-state index in [0.717, 1.165) is 22.3 Å². The molecule has 0 spiro atoms. The molecule has 100 valence electrons. The van der Waals surface area contributed by atoms with Gasteiger partial charge in [0.2, 0.25) is 0 Å². The highest BCUT2D eigenvalue weighted by atomic mass is 16.1. The summed E-state index contributed by atoms with van der Waals surface area (Å²) in [6.07, 6.45) is 3.59. The molecule has 0 atom stereocenters. The number of nitrogens with one attached hydrogen (secondary N) is 1. The average molecular weight is 266 g/mol. The average Bonchev–Trinajstić information content (AvgIpc) is 2.77. The molecule has 0 aliphatic carbocycles. The summed E-state index contributed by atoms with van der Waals surface area (Å²) in [5.41, 5.74) is 3.00. The highest BCUT2D eigenvalue weighted by Crippen LogP contribution is 2.15. The van der Waals surface area contributed by atoms with Crippen LogP contribution < -0.4 is 5.32 Å². The summed E-state index contributed by atoms with van der Waals surface area (Å²) in [5, 5.41) is 8.18. The topological polar surface area (TPSA) is 59.8 Å². The molecule has 0 aliphatic rings. The van der Waals surface area contributed by atoms with Crippen LogP contribution in [0.4, 0.5) is 5.69 Å². The summed E-state index contributed by atoms with van der Waals surface area (Å²) in [7, 11) is 1.86. The SMILES string of the molecule is Cc1cc(NC(=O)c2ccc3cn(C)nc3c2)ccn1. The second kappa shape index (κ2) is 4.77. The molecule has 0 radical (unpaired) electrons. The Balaban J connectivity index is 1.88. The van der Waals surface area contributed by atoms with Crippen molar-refractivity contribution in [2.75, 3.05) is 5.32 Å². The number of rotatable bonds is 2. The number of aryl methyl sites for hydroxylation is 2. The van der Waals surface area contributed by atoms with E-state index in [1.54, 1.807) is 29.1 Å². The first-order valence-electron chi connectivity index (χ1n) is 6.29. The largest absolute Gasteiger partial charge is 0.322 e. The highest BCUT2D eigenvalue weighted by Gasteiger charge is 2.08. The first-order chi connectivity index (χ1) is 9.61. The predicted molar refractivity (Wildman–Crippen MR) is 77.6 cm³/mol. The minimum atomic E-state index is -0.150. The van der Waals surface area contributed by atoms with E-state index >= 15 is 0 Å². The molecular formula is C15H14N4O. The van der Waals surface area contributed by atoms with Crippen LogP contribution >= 0.6 is 0 Å². The number of hydrogen-bond acceptors (Lipinski definition) is 3. The molecule has 0 bridgehead atoms. The number of hydrogen-bond donors (Lipinski definition) is 1. The molecule has 5 nitrogen and oxygen atoms in total. The van der Waals surface area contributed by atoms with Crippen molar-refractivity contribution in [1.29, 1.82) is 0 Å². The van der Waals surface area contributed by atoms with Gasteiger partial charge in [-0.3, -0.25) is 14.5 Å². The van der Waals surface area contributed by atoms with Gasteiger partial charge < -0.3 is 5.32 Å². The fourth-order valence-electron chi connectivity index (χ4n) is 2.11. The number of nitrogens with zero attached hydrogens (tertiary/aromatic N) is 3. The number of anilines is 1. The van der Waals surface area contributed by atoms with Crippen LogP contribution in [0.1, 0.15) is 16.1 Å². The Morgan fingerprint density at radius 2 is 2.10 bits per heavy atom. The van der Waals surface area contributed by atoms with E-state index in [1.165, 1.54) is 0 Å². The number of carbonyl (C=O) groups is 1. The van der Waals surface area contributed by atoms with Gasteiger partial charge in [-0.25, -0.2) is 0 Å². The van der Waals surface area contributed by atoms with Gasteiger partial charge in [0.15, 0.2) is 0 Å². The van der Waals surface area contributed by atoms with Gasteiger partial charge in [0, 0.05) is 41.8 Å². The number of fused-ring (bicyclic) bond motifs is 1. The summed E-state index contributed by atoms with van der Waals surface area (Å²) in [4.78, 5) is 16.3. The van der Waals surface area contributed by atoms with E-state index < -0.39 is 0 Å². The zero-order chi connectivity index (χ0) is 14.1. The lowest BCUT2D eigenvalue weighted by atomic mass is 10.1. The summed E-state index contributed by atoms with van der Waals surface area (Å²) in [6, 6.07) is 9.09. The maximum Gasteiger partial charge on any atom is 0.255 e. The van der Waals surface area contributed by atoms with Crippen molar-refractivity contribution in [3.8, 4) is 0 Å². The monoisotopic (exact) mass is 266 g/mol. The van der Waals surface area contributed by atoms with Crippen LogP contribution in [0.3, 0.4) is 0 Å². The lowest BCUT2D eigenvalue weighted by Gasteiger charge is -2.05. The van der Waals surface area contributed by atoms with Crippen LogP contribution in [0, 0.1) is 6.92 Å². The van der Waals surface area contributed by atoms with Crippen LogP contribution in [-0.2, 0) is 7.05 Å². The van der Waals surface area contributed by atoms with Crippen molar-refractivity contribution in [1.82, 2.24) is 14.8 Å². The third kappa shape index (κ3) is 2.38. The lowest BCUT2D eigenvalue weighted by Crippen LogP contribution is -2.11. The molecule has 0 aliphatic heterocycles. The minimum Gasteiger partial charge on any atom is -0.322 e. The van der Waals surface area contributed by atoms with Crippen molar-refractivity contribution < 1.29 is 4.79 Å². The first kappa shape index (κ1) is 12.3. The van der Waals surface area contributed by atoms with Crippen LogP contribution in [0.25, 0.3) is 10.9 Å². The third-order valence-electron chi connectivity index (χ3n) is 3.04. The number of carbonyl (C=O) groups excluding carboxylic acids is 1. The Bertz CT molecular complexity index is 791. The van der Waals surface area contributed by atoms with Crippen LogP contribution in [0.5, 0.6) is 0 Å². The van der Waals surface area contributed by atoms with E-state index in [2.05, 4.69) is 15.4 Å². The second-order valence-corrected chi connectivity index (χ2v) is 4.72. The first-order valence-corrected chi connectivity index (χ1v) is 6.29. The van der Waals surface area contributed by atoms with Crippen molar-refractivity contribution in [2.45, 2.75) is 6.92 Å². The van der Waals surface area contributed by atoms with Gasteiger partial charge in [-0.15, -0.1) is 0 Å². The zero-order valence-electron chi connectivity index (χ0n) is 11.3. The number of amides is 1. The Morgan fingerprint density at radius 3 is 2.90 bits per heavy atom. The van der Waals surface area contributed by atoms with Gasteiger partial charge in [0.1, 0.15) is 0 Å². The molecule has 3 aromatic rings. The molecule has 1 amide bonds. The molecule has 2 aromatic heterocycles. The summed E-state index contributed by atoms with van der Waals surface area (Å²) >= 11 is 0. The van der Waals surface area contributed by atoms with Gasteiger partial charge in [-0.05, 0) is 31.2 Å². The number of benzene rings is 1. The Kier molecular flexibility index (Phi) is 2.95. The summed E-state index contributed by atoms with van der Waals surface area (Å²) < 4.78 is 1.73. The molecule has 2 heterocycles. The third-order valence-corrected chi connectivity index (χ3v) is 3.04. The maximum atomic E-state index is 12.2. The Labute approximate surface area is 116 Å². The van der Waals surface area contributed by atoms with Crippen molar-refractivity contribution in [2.24, 2.45) is 7.05 Å². The van der Waals surface area contributed by atoms with Crippen LogP contribution in [0.15, 0.2) is 42.7 Å². The zero-order valence-corrected chi connectivity index (χ0v) is 11.3. The lowest BCUT2D eigenvalue weighted by molar-refractivity contribution is 0.102. The van der Waals surface area contributed by atoms with Gasteiger partial charge >= 0.3 is 0 Å². The minimum absolute atomic E-state index is 0.150. The van der Waals surface area contributed by atoms with Gasteiger partial charge in [-0.1, -0.05) is 6.07 Å². The number of aromatic nitrogens is 3. The van der Waals surface area contributed by atoms with E-state index in [0.29, 0.717) is 5.56 Å². The number of pyridine rings is 1. The van der Waals surface area contributed by atoms with Crippen molar-refractivity contribution in [3.05, 3.63) is 54.0 Å². The van der Waals surface area contributed by atoms with Crippen molar-refractivity contribution >= 4 is 22.5 Å². The maximum absolute atomic E-state index is 12.2. The fraction of sp³-hybridized carbons (Fsp3) is 0.133. The summed E-state index contributed by atoms with van der Waals surface area (Å²) in [6.45, 7) is 1.88. The molecule has 0 unspecified atom stereocenters. The Morgan fingerprint density at radius 1 is 1.25 bits per heavy atom. The fourth-order valence-corrected chi connectivity index (χ4v) is 2.11. The quantitative estimate of drug-likeness (QED) is 0.775. The molecule has 5 heteroatoms. The second-order valence-electron chi connectivity index (χ2n) is 4.72. The molecule has 1 aromatic carbocycles. The van der Waals surface area contributed by atoms with E-state index in [1.807, 2.05) is 32.3 Å². The Hall–Kier alpha value is -2.69. The smallest absolute Gasteiger partial charge is 0.255 e. The molecule has 20 heavy (non-hydrogen) atoms. The van der Waals surface area contributed by atoms with E-state index in [4.69, 9.17) is 0 Å². The summed E-state index contributed by atoms with van der Waals surface area (Å²) in [5.74, 6) is -0.150. The van der Waals surface area contributed by atoms with Crippen LogP contribution in [-0.4, -0.2) is 20.7 Å². The van der Waals surface area contributed by atoms with Gasteiger partial charge in [-0.2, -0.15) is 5.10 Å². The van der Waals surface area contributed by atoms with E-state index in [-0.39, 0.29) is 5.91 Å². The van der Waals surface area contributed by atoms with Crippen molar-refractivity contribution in [3.63, 3.8) is 0 Å². The molecule has 0 fully saturated rings. The highest BCUT2D eigenvalue weighted by molar-refractivity contribution is 6.06. The van der Waals surface area contributed by atoms with Gasteiger partial charge in [0.05, 0.1) is 5.52 Å². The normalized spacial score (nSPS) is 10.7. The van der Waals surface area contributed by atoms with E-state index in [9.17, 15) is 4.79 Å². The standard InChI is InChI=1S/C15H14N4O/c1-10-7-13(5-6-16-10)17-15(20)11-3-4-12-9-19(2)18-14(12)8-11/h3-9H,1-2H3,(H,16,17,20). The predicted octanol–water partition coefficient (Wildman–Crippen LogP) is 2.53. The molecule has 1 N–H and O–H groups in total. The molecule has 3 rings (SSSR count). The molecule has 0 saturated heterocycles. The molecular weight excluding hydrogens is 252 g/mol. The van der Waals surface area contributed by atoms with Gasteiger partial charge in [0.25, 0.3) is 5.91 Å². The van der Waals surface area contributed by atoms with Crippen LogP contribution in [0.2, 0.25) is 0 Å².